The van der Waals surface area contributed by atoms with E-state index in [-0.39, 0.29) is 18.3 Å². The van der Waals surface area contributed by atoms with Crippen molar-refractivity contribution in [1.82, 2.24) is 5.43 Å². The van der Waals surface area contributed by atoms with E-state index in [0.717, 1.165) is 0 Å². The third-order valence-electron chi connectivity index (χ3n) is 2.39. The Kier molecular flexibility index (Phi) is 4.72. The van der Waals surface area contributed by atoms with Gasteiger partial charge in [0.05, 0.1) is 6.21 Å². The van der Waals surface area contributed by atoms with Crippen molar-refractivity contribution in [2.24, 2.45) is 5.10 Å². The number of carbonyl (C=O) groups is 1. The van der Waals surface area contributed by atoms with Gasteiger partial charge in [0.15, 0.2) is 6.61 Å². The lowest BCUT2D eigenvalue weighted by molar-refractivity contribution is -0.123. The Bertz CT molecular complexity index is 597. The van der Waals surface area contributed by atoms with E-state index in [2.05, 4.69) is 10.5 Å². The summed E-state index contributed by atoms with van der Waals surface area (Å²) in [6.45, 7) is -0.110. The van der Waals surface area contributed by atoms with Gasteiger partial charge in [0.1, 0.15) is 11.5 Å². The van der Waals surface area contributed by atoms with Crippen LogP contribution in [0.3, 0.4) is 0 Å². The average molecular weight is 270 g/mol. The van der Waals surface area contributed by atoms with E-state index in [0.29, 0.717) is 11.3 Å². The first kappa shape index (κ1) is 13.6. The van der Waals surface area contributed by atoms with E-state index in [9.17, 15) is 9.90 Å². The summed E-state index contributed by atoms with van der Waals surface area (Å²) in [7, 11) is 0. The summed E-state index contributed by atoms with van der Waals surface area (Å²) in [6, 6.07) is 15.6. The highest BCUT2D eigenvalue weighted by atomic mass is 16.5. The molecule has 0 heterocycles. The summed E-state index contributed by atoms with van der Waals surface area (Å²) in [6.07, 6.45) is 1.44. The van der Waals surface area contributed by atoms with Gasteiger partial charge in [-0.1, -0.05) is 30.3 Å². The van der Waals surface area contributed by atoms with Crippen LogP contribution < -0.4 is 10.2 Å². The van der Waals surface area contributed by atoms with Crippen molar-refractivity contribution in [1.29, 1.82) is 0 Å². The first-order valence-corrected chi connectivity index (χ1v) is 6.03. The highest BCUT2D eigenvalue weighted by Gasteiger charge is 2.00. The van der Waals surface area contributed by atoms with E-state index >= 15 is 0 Å². The number of nitrogens with one attached hydrogen (secondary N) is 1. The summed E-state index contributed by atoms with van der Waals surface area (Å²) in [5.41, 5.74) is 3.03. The van der Waals surface area contributed by atoms with Crippen molar-refractivity contribution < 1.29 is 14.6 Å². The minimum atomic E-state index is -0.356. The zero-order valence-electron chi connectivity index (χ0n) is 10.7. The van der Waals surface area contributed by atoms with Gasteiger partial charge in [-0.2, -0.15) is 5.10 Å². The van der Waals surface area contributed by atoms with E-state index in [1.165, 1.54) is 12.3 Å². The van der Waals surface area contributed by atoms with Crippen molar-refractivity contribution in [2.75, 3.05) is 6.61 Å². The number of benzene rings is 2. The number of amides is 1. The molecule has 0 fully saturated rings. The Morgan fingerprint density at radius 2 is 2.00 bits per heavy atom. The van der Waals surface area contributed by atoms with Crippen LogP contribution in [-0.4, -0.2) is 23.8 Å². The maximum Gasteiger partial charge on any atom is 0.277 e. The molecule has 2 rings (SSSR count). The molecule has 0 aliphatic rings. The molecule has 1 amide bonds. The Morgan fingerprint density at radius 3 is 2.75 bits per heavy atom. The van der Waals surface area contributed by atoms with E-state index < -0.39 is 0 Å². The van der Waals surface area contributed by atoms with Crippen LogP contribution in [0.15, 0.2) is 59.7 Å². The van der Waals surface area contributed by atoms with Crippen molar-refractivity contribution in [3.63, 3.8) is 0 Å². The molecule has 2 aromatic carbocycles. The molecule has 20 heavy (non-hydrogen) atoms. The molecule has 0 bridgehead atoms. The molecule has 0 aromatic heterocycles. The van der Waals surface area contributed by atoms with Crippen LogP contribution in [0.25, 0.3) is 0 Å². The fourth-order valence-corrected chi connectivity index (χ4v) is 1.48. The lowest BCUT2D eigenvalue weighted by Gasteiger charge is -2.04. The van der Waals surface area contributed by atoms with Crippen LogP contribution in [-0.2, 0) is 4.79 Å². The summed E-state index contributed by atoms with van der Waals surface area (Å²) >= 11 is 0. The minimum Gasteiger partial charge on any atom is -0.508 e. The summed E-state index contributed by atoms with van der Waals surface area (Å²) < 4.78 is 5.26. The Balaban J connectivity index is 1.78. The fourth-order valence-electron chi connectivity index (χ4n) is 1.48. The van der Waals surface area contributed by atoms with Crippen LogP contribution in [0.2, 0.25) is 0 Å². The van der Waals surface area contributed by atoms with Gasteiger partial charge in [0, 0.05) is 0 Å². The summed E-state index contributed by atoms with van der Waals surface area (Å²) in [5.74, 6) is 0.414. The fraction of sp³-hybridized carbons (Fsp3) is 0.0667. The number of nitrogens with zero attached hydrogens (tertiary/aromatic N) is 1. The molecular formula is C15H14N2O3. The van der Waals surface area contributed by atoms with E-state index in [1.54, 1.807) is 30.3 Å². The van der Waals surface area contributed by atoms with Crippen molar-refractivity contribution in [3.05, 3.63) is 60.2 Å². The van der Waals surface area contributed by atoms with Crippen LogP contribution in [0.1, 0.15) is 5.56 Å². The maximum absolute atomic E-state index is 11.5. The predicted molar refractivity (Wildman–Crippen MR) is 75.8 cm³/mol. The zero-order valence-corrected chi connectivity index (χ0v) is 10.7. The number of para-hydroxylation sites is 1. The second-order valence-electron chi connectivity index (χ2n) is 3.99. The number of hydrogen-bond acceptors (Lipinski definition) is 4. The number of carbonyl (C=O) groups excluding carboxylic acids is 1. The van der Waals surface area contributed by atoms with Gasteiger partial charge < -0.3 is 9.84 Å². The van der Waals surface area contributed by atoms with Gasteiger partial charge in [0.25, 0.3) is 5.91 Å². The molecule has 0 radical (unpaired) electrons. The Morgan fingerprint density at radius 1 is 1.20 bits per heavy atom. The van der Waals surface area contributed by atoms with Gasteiger partial charge in [0.2, 0.25) is 0 Å². The molecule has 5 heteroatoms. The van der Waals surface area contributed by atoms with E-state index in [4.69, 9.17) is 4.74 Å². The van der Waals surface area contributed by atoms with Crippen LogP contribution in [0.4, 0.5) is 0 Å². The summed E-state index contributed by atoms with van der Waals surface area (Å²) in [4.78, 5) is 11.5. The molecule has 0 saturated carbocycles. The Labute approximate surface area is 116 Å². The third-order valence-corrected chi connectivity index (χ3v) is 2.39. The molecule has 102 valence electrons. The largest absolute Gasteiger partial charge is 0.508 e. The molecule has 5 nitrogen and oxygen atoms in total. The lowest BCUT2D eigenvalue weighted by Crippen LogP contribution is -2.24. The predicted octanol–water partition coefficient (Wildman–Crippen LogP) is 1.92. The highest BCUT2D eigenvalue weighted by molar-refractivity contribution is 5.83. The first-order valence-electron chi connectivity index (χ1n) is 6.03. The normalized spacial score (nSPS) is 10.4. The zero-order chi connectivity index (χ0) is 14.2. The van der Waals surface area contributed by atoms with Crippen molar-refractivity contribution in [2.45, 2.75) is 0 Å². The van der Waals surface area contributed by atoms with Gasteiger partial charge in [-0.15, -0.1) is 0 Å². The van der Waals surface area contributed by atoms with Crippen molar-refractivity contribution >= 4 is 12.1 Å². The first-order chi connectivity index (χ1) is 9.74. The molecule has 2 N–H and O–H groups in total. The van der Waals surface area contributed by atoms with Gasteiger partial charge >= 0.3 is 0 Å². The second-order valence-corrected chi connectivity index (χ2v) is 3.99. The molecule has 0 aliphatic carbocycles. The SMILES string of the molecule is O=C(COc1ccccc1)N/N=C\c1cccc(O)c1. The van der Waals surface area contributed by atoms with Crippen LogP contribution >= 0.6 is 0 Å². The number of phenolic OH excluding ortho intramolecular Hbond substituents is 1. The molecule has 0 saturated heterocycles. The Hall–Kier alpha value is -2.82. The number of ether oxygens (including phenoxy) is 1. The van der Waals surface area contributed by atoms with Crippen molar-refractivity contribution in [3.8, 4) is 11.5 Å². The van der Waals surface area contributed by atoms with E-state index in [1.807, 2.05) is 18.2 Å². The van der Waals surface area contributed by atoms with Crippen LogP contribution in [0, 0.1) is 0 Å². The molecular weight excluding hydrogens is 256 g/mol. The lowest BCUT2D eigenvalue weighted by atomic mass is 10.2. The van der Waals surface area contributed by atoms with Gasteiger partial charge in [-0.05, 0) is 29.8 Å². The number of rotatable bonds is 5. The average Bonchev–Trinajstić information content (AvgIpc) is 2.46. The van der Waals surface area contributed by atoms with Gasteiger partial charge in [-0.25, -0.2) is 5.43 Å². The monoisotopic (exact) mass is 270 g/mol. The molecule has 0 atom stereocenters. The quantitative estimate of drug-likeness (QED) is 0.644. The third kappa shape index (κ3) is 4.45. The molecule has 0 unspecified atom stereocenters. The molecule has 2 aromatic rings. The number of hydrogen-bond donors (Lipinski definition) is 2. The standard InChI is InChI=1S/C15H14N2O3/c18-13-6-4-5-12(9-13)10-16-17-15(19)11-20-14-7-2-1-3-8-14/h1-10,18H,11H2,(H,17,19)/b16-10-. The number of aromatic hydroxyl groups is 1. The summed E-state index contributed by atoms with van der Waals surface area (Å²) in [5, 5.41) is 13.0. The van der Waals surface area contributed by atoms with Crippen LogP contribution in [0.5, 0.6) is 11.5 Å². The second kappa shape index (κ2) is 6.94. The topological polar surface area (TPSA) is 70.9 Å². The smallest absolute Gasteiger partial charge is 0.277 e. The number of hydrazone groups is 1. The molecule has 0 aliphatic heterocycles. The highest BCUT2D eigenvalue weighted by Crippen LogP contribution is 2.09. The maximum atomic E-state index is 11.5. The molecule has 0 spiro atoms. The number of phenols is 1. The minimum absolute atomic E-state index is 0.110. The van der Waals surface area contributed by atoms with Gasteiger partial charge in [-0.3, -0.25) is 4.79 Å².